The van der Waals surface area contributed by atoms with Crippen LogP contribution in [0.3, 0.4) is 0 Å². The van der Waals surface area contributed by atoms with Gasteiger partial charge < -0.3 is 24.3 Å². The topological polar surface area (TPSA) is 89.9 Å². The molecule has 2 amide bonds. The van der Waals surface area contributed by atoms with E-state index in [-0.39, 0.29) is 41.8 Å². The number of methoxy groups -OCH3 is 1. The van der Waals surface area contributed by atoms with E-state index < -0.39 is 41.0 Å². The molecule has 8 nitrogen and oxygen atoms in total. The van der Waals surface area contributed by atoms with Gasteiger partial charge in [-0.3, -0.25) is 14.4 Å². The number of ether oxygens (including phenoxy) is 2. The van der Waals surface area contributed by atoms with Crippen molar-refractivity contribution >= 4 is 11.8 Å². The number of carbonyl (C=O) groups is 2. The Balaban J connectivity index is 1.57. The molecule has 3 heterocycles. The van der Waals surface area contributed by atoms with Crippen LogP contribution in [-0.2, 0) is 17.9 Å². The minimum absolute atomic E-state index is 0.00556. The highest BCUT2D eigenvalue weighted by molar-refractivity contribution is 5.99. The number of hydrogen-bond acceptors (Lipinski definition) is 5. The summed E-state index contributed by atoms with van der Waals surface area (Å²) in [6.07, 6.45) is 4.61. The van der Waals surface area contributed by atoms with Gasteiger partial charge in [0, 0.05) is 44.1 Å². The molecule has 10 heteroatoms. The van der Waals surface area contributed by atoms with E-state index in [1.165, 1.54) is 12.3 Å². The van der Waals surface area contributed by atoms with Gasteiger partial charge in [-0.15, -0.1) is 0 Å². The first kappa shape index (κ1) is 26.3. The first-order chi connectivity index (χ1) is 18.8. The number of halogens is 2. The maximum absolute atomic E-state index is 14.1. The van der Waals surface area contributed by atoms with Crippen LogP contribution >= 0.6 is 0 Å². The highest BCUT2D eigenvalue weighted by Crippen LogP contribution is 2.34. The van der Waals surface area contributed by atoms with Gasteiger partial charge in [0.25, 0.3) is 11.8 Å². The molecule has 1 N–H and O–H groups in total. The summed E-state index contributed by atoms with van der Waals surface area (Å²) in [5, 5.41) is 2.52. The predicted molar refractivity (Wildman–Crippen MR) is 138 cm³/mol. The quantitative estimate of drug-likeness (QED) is 0.467. The Hall–Kier alpha value is -4.31. The Labute approximate surface area is 223 Å². The SMILES string of the molecule is CO[C@@H]1C=C[C@H](C)N2C[C@H]1n1cc(C(=O)NCc3ccc(F)cc3F)c(=O)c(OCc3ccccc3)c1C2=O. The molecular weight excluding hydrogens is 508 g/mol. The predicted octanol–water partition coefficient (Wildman–Crippen LogP) is 3.61. The van der Waals surface area contributed by atoms with Crippen molar-refractivity contribution in [1.29, 1.82) is 0 Å². The van der Waals surface area contributed by atoms with Crippen molar-refractivity contribution in [2.45, 2.75) is 38.3 Å². The maximum Gasteiger partial charge on any atom is 0.275 e. The minimum Gasteiger partial charge on any atom is -0.483 e. The highest BCUT2D eigenvalue weighted by Gasteiger charge is 2.41. The summed E-state index contributed by atoms with van der Waals surface area (Å²) in [7, 11) is 1.55. The summed E-state index contributed by atoms with van der Waals surface area (Å²) in [5.41, 5.74) is -0.191. The maximum atomic E-state index is 14.1. The van der Waals surface area contributed by atoms with Gasteiger partial charge in [0.1, 0.15) is 23.8 Å². The monoisotopic (exact) mass is 535 g/mol. The molecule has 3 aromatic rings. The van der Waals surface area contributed by atoms with Crippen LogP contribution in [0, 0.1) is 11.6 Å². The molecule has 39 heavy (non-hydrogen) atoms. The number of benzene rings is 2. The summed E-state index contributed by atoms with van der Waals surface area (Å²) < 4.78 is 40.6. The number of fused-ring (bicyclic) bond motifs is 4. The van der Waals surface area contributed by atoms with Crippen molar-refractivity contribution in [3.05, 3.63) is 111 Å². The van der Waals surface area contributed by atoms with Crippen molar-refractivity contribution in [3.8, 4) is 5.75 Å². The number of hydrogen-bond donors (Lipinski definition) is 1. The molecule has 2 aliphatic rings. The van der Waals surface area contributed by atoms with Crippen LogP contribution in [0.4, 0.5) is 8.78 Å². The van der Waals surface area contributed by atoms with Gasteiger partial charge in [-0.05, 0) is 18.6 Å². The van der Waals surface area contributed by atoms with Crippen molar-refractivity contribution in [2.75, 3.05) is 13.7 Å². The lowest BCUT2D eigenvalue weighted by Crippen LogP contribution is -2.49. The number of pyridine rings is 1. The Morgan fingerprint density at radius 3 is 2.59 bits per heavy atom. The molecule has 2 aliphatic heterocycles. The third-order valence-corrected chi connectivity index (χ3v) is 7.04. The lowest BCUT2D eigenvalue weighted by atomic mass is 10.0. The van der Waals surface area contributed by atoms with Crippen molar-refractivity contribution in [1.82, 2.24) is 14.8 Å². The second-order valence-electron chi connectivity index (χ2n) is 9.50. The van der Waals surface area contributed by atoms with Crippen LogP contribution in [0.15, 0.2) is 71.7 Å². The van der Waals surface area contributed by atoms with Crippen LogP contribution in [0.25, 0.3) is 0 Å². The summed E-state index contributed by atoms with van der Waals surface area (Å²) in [6, 6.07) is 11.4. The van der Waals surface area contributed by atoms with Crippen LogP contribution in [-0.4, -0.2) is 47.1 Å². The number of amides is 2. The molecular formula is C29H27F2N3O5. The summed E-state index contributed by atoms with van der Waals surface area (Å²) in [4.78, 5) is 42.2. The molecule has 3 atom stereocenters. The Morgan fingerprint density at radius 2 is 1.87 bits per heavy atom. The van der Waals surface area contributed by atoms with Crippen LogP contribution < -0.4 is 15.5 Å². The average molecular weight is 536 g/mol. The first-order valence-electron chi connectivity index (χ1n) is 12.5. The fraction of sp³-hybridized carbons (Fsp3) is 0.276. The average Bonchev–Trinajstić information content (AvgIpc) is 3.07. The normalized spacial score (nSPS) is 19.8. The Kier molecular flexibility index (Phi) is 7.30. The molecule has 1 aromatic heterocycles. The van der Waals surface area contributed by atoms with Crippen molar-refractivity contribution in [3.63, 3.8) is 0 Å². The van der Waals surface area contributed by atoms with E-state index in [2.05, 4.69) is 5.32 Å². The minimum atomic E-state index is -0.822. The van der Waals surface area contributed by atoms with E-state index in [1.54, 1.807) is 16.6 Å². The standard InChI is InChI=1S/C29H27F2N3O5/c1-17-8-11-24(38-2)23-15-33(17)29(37)25-27(39-16-18-6-4-3-5-7-18)26(35)21(14-34(23)25)28(36)32-13-19-9-10-20(30)12-22(19)31/h3-12,14,17,23-24H,13,15-16H2,1-2H3,(H,32,36)/t17-,23+,24+/m0/s1. The van der Waals surface area contributed by atoms with E-state index in [0.717, 1.165) is 11.6 Å². The number of nitrogens with one attached hydrogen (secondary N) is 1. The second kappa shape index (κ2) is 10.8. The second-order valence-corrected chi connectivity index (χ2v) is 9.50. The number of nitrogens with zero attached hydrogens (tertiary/aromatic N) is 2. The number of aromatic nitrogens is 1. The van der Waals surface area contributed by atoms with Crippen LogP contribution in [0.2, 0.25) is 0 Å². The lowest BCUT2D eigenvalue weighted by molar-refractivity contribution is 0.0431. The lowest BCUT2D eigenvalue weighted by Gasteiger charge is -2.39. The Morgan fingerprint density at radius 1 is 1.10 bits per heavy atom. The van der Waals surface area contributed by atoms with Crippen LogP contribution in [0.5, 0.6) is 5.75 Å². The molecule has 0 saturated heterocycles. The summed E-state index contributed by atoms with van der Waals surface area (Å²) in [6.45, 7) is 1.89. The zero-order valence-electron chi connectivity index (χ0n) is 21.4. The fourth-order valence-electron chi connectivity index (χ4n) is 4.90. The largest absolute Gasteiger partial charge is 0.483 e. The number of carbonyl (C=O) groups excluding carboxylic acids is 2. The van der Waals surface area contributed by atoms with E-state index in [0.29, 0.717) is 12.6 Å². The van der Waals surface area contributed by atoms with Gasteiger partial charge in [-0.2, -0.15) is 0 Å². The van der Waals surface area contributed by atoms with Crippen molar-refractivity contribution in [2.24, 2.45) is 0 Å². The van der Waals surface area contributed by atoms with E-state index in [4.69, 9.17) is 9.47 Å². The zero-order valence-corrected chi connectivity index (χ0v) is 21.4. The summed E-state index contributed by atoms with van der Waals surface area (Å²) >= 11 is 0. The van der Waals surface area contributed by atoms with Gasteiger partial charge >= 0.3 is 0 Å². The molecule has 2 bridgehead atoms. The molecule has 0 aliphatic carbocycles. The molecule has 202 valence electrons. The molecule has 5 rings (SSSR count). The zero-order chi connectivity index (χ0) is 27.7. The van der Waals surface area contributed by atoms with Gasteiger partial charge in [-0.25, -0.2) is 8.78 Å². The van der Waals surface area contributed by atoms with Gasteiger partial charge in [0.05, 0.1) is 12.1 Å². The molecule has 0 radical (unpaired) electrons. The van der Waals surface area contributed by atoms with Crippen molar-refractivity contribution < 1.29 is 27.8 Å². The molecule has 0 saturated carbocycles. The highest BCUT2D eigenvalue weighted by atomic mass is 19.1. The Bertz CT molecular complexity index is 1500. The third-order valence-electron chi connectivity index (χ3n) is 7.04. The fourth-order valence-corrected chi connectivity index (χ4v) is 4.90. The van der Waals surface area contributed by atoms with E-state index in [9.17, 15) is 23.2 Å². The van der Waals surface area contributed by atoms with Gasteiger partial charge in [0.2, 0.25) is 5.43 Å². The molecule has 2 aromatic carbocycles. The van der Waals surface area contributed by atoms with E-state index in [1.807, 2.05) is 49.4 Å². The smallest absolute Gasteiger partial charge is 0.275 e. The summed E-state index contributed by atoms with van der Waals surface area (Å²) in [5.74, 6) is -3.00. The molecule has 0 fully saturated rings. The first-order valence-corrected chi connectivity index (χ1v) is 12.5. The van der Waals surface area contributed by atoms with Gasteiger partial charge in [-0.1, -0.05) is 48.6 Å². The van der Waals surface area contributed by atoms with Gasteiger partial charge in [0.15, 0.2) is 11.4 Å². The van der Waals surface area contributed by atoms with Crippen LogP contribution in [0.1, 0.15) is 44.9 Å². The molecule has 0 spiro atoms. The van der Waals surface area contributed by atoms with E-state index >= 15 is 0 Å². The number of rotatable bonds is 7. The molecule has 0 unspecified atom stereocenters. The third kappa shape index (κ3) is 5.07.